The summed E-state index contributed by atoms with van der Waals surface area (Å²) in [5.74, 6) is -0.735. The van der Waals surface area contributed by atoms with Crippen molar-refractivity contribution >= 4 is 17.3 Å². The van der Waals surface area contributed by atoms with Crippen LogP contribution in [-0.4, -0.2) is 17.1 Å². The molecule has 0 amide bonds. The Labute approximate surface area is 86.8 Å². The lowest BCUT2D eigenvalue weighted by molar-refractivity contribution is -0.139. The average Bonchev–Trinajstić information content (AvgIpc) is 2.71. The first-order chi connectivity index (χ1) is 6.68. The van der Waals surface area contributed by atoms with Gasteiger partial charge in [-0.1, -0.05) is 0 Å². The van der Waals surface area contributed by atoms with Gasteiger partial charge in [-0.25, -0.2) is 0 Å². The second kappa shape index (κ2) is 3.71. The summed E-state index contributed by atoms with van der Waals surface area (Å²) >= 11 is 1.71. The highest BCUT2D eigenvalue weighted by Gasteiger charge is 2.30. The van der Waals surface area contributed by atoms with Crippen LogP contribution in [0.2, 0.25) is 0 Å². The molecule has 1 aliphatic heterocycles. The van der Waals surface area contributed by atoms with Crippen molar-refractivity contribution in [2.45, 2.75) is 31.8 Å². The zero-order valence-corrected chi connectivity index (χ0v) is 8.80. The number of hydrogen-bond donors (Lipinski definition) is 2. The first kappa shape index (κ1) is 9.68. The van der Waals surface area contributed by atoms with Gasteiger partial charge in [-0.15, -0.1) is 11.3 Å². The van der Waals surface area contributed by atoms with Crippen LogP contribution >= 0.6 is 11.3 Å². The Bertz CT molecular complexity index is 348. The molecule has 0 aromatic carbocycles. The van der Waals surface area contributed by atoms with Crippen molar-refractivity contribution in [2.75, 3.05) is 0 Å². The second-order valence-electron chi connectivity index (χ2n) is 3.66. The Morgan fingerprint density at radius 2 is 2.43 bits per heavy atom. The largest absolute Gasteiger partial charge is 0.480 e. The molecule has 0 unspecified atom stereocenters. The summed E-state index contributed by atoms with van der Waals surface area (Å²) in [6.07, 6.45) is 1.66. The van der Waals surface area contributed by atoms with Crippen molar-refractivity contribution in [1.29, 1.82) is 0 Å². The first-order valence-electron chi connectivity index (χ1n) is 4.71. The minimum Gasteiger partial charge on any atom is -0.480 e. The Morgan fingerprint density at radius 1 is 1.64 bits per heavy atom. The van der Waals surface area contributed by atoms with E-state index >= 15 is 0 Å². The zero-order valence-electron chi connectivity index (χ0n) is 7.99. The number of nitrogens with one attached hydrogen (secondary N) is 1. The Balaban J connectivity index is 2.10. The molecule has 1 aromatic heterocycles. The molecule has 2 atom stereocenters. The molecule has 0 saturated carbocycles. The molecule has 1 aliphatic rings. The molecule has 2 heterocycles. The lowest BCUT2D eigenvalue weighted by Crippen LogP contribution is -2.31. The van der Waals surface area contributed by atoms with E-state index in [9.17, 15) is 4.79 Å². The minimum atomic E-state index is -0.735. The van der Waals surface area contributed by atoms with Crippen molar-refractivity contribution in [3.63, 3.8) is 0 Å². The summed E-state index contributed by atoms with van der Waals surface area (Å²) in [7, 11) is 0. The molecule has 0 aliphatic carbocycles. The van der Waals surface area contributed by atoms with Crippen LogP contribution in [0, 0.1) is 6.92 Å². The Morgan fingerprint density at radius 3 is 2.93 bits per heavy atom. The van der Waals surface area contributed by atoms with Gasteiger partial charge < -0.3 is 5.11 Å². The molecule has 0 bridgehead atoms. The molecule has 0 radical (unpaired) electrons. The molecule has 1 saturated heterocycles. The van der Waals surface area contributed by atoms with E-state index in [2.05, 4.69) is 23.7 Å². The standard InChI is InChI=1S/C10H13NO2S/c1-6-4-5-14-9(6)7-2-3-8(11-7)10(12)13/h4-5,7-8,11H,2-3H2,1H3,(H,12,13)/t7-,8-/m1/s1. The van der Waals surface area contributed by atoms with Crippen LogP contribution in [0.5, 0.6) is 0 Å². The third kappa shape index (κ3) is 1.67. The van der Waals surface area contributed by atoms with Crippen molar-refractivity contribution < 1.29 is 9.90 Å². The smallest absolute Gasteiger partial charge is 0.320 e. The fourth-order valence-corrected chi connectivity index (χ4v) is 2.91. The number of aryl methyl sites for hydroxylation is 1. The highest BCUT2D eigenvalue weighted by molar-refractivity contribution is 7.10. The van der Waals surface area contributed by atoms with Gasteiger partial charge in [0.05, 0.1) is 0 Å². The van der Waals surface area contributed by atoms with Gasteiger partial charge in [0.2, 0.25) is 0 Å². The first-order valence-corrected chi connectivity index (χ1v) is 5.59. The number of thiophene rings is 1. The van der Waals surface area contributed by atoms with Crippen LogP contribution < -0.4 is 5.32 Å². The molecular formula is C10H13NO2S. The fourth-order valence-electron chi connectivity index (χ4n) is 1.89. The highest BCUT2D eigenvalue weighted by Crippen LogP contribution is 2.32. The van der Waals surface area contributed by atoms with E-state index in [0.717, 1.165) is 12.8 Å². The molecule has 1 fully saturated rings. The number of carboxylic acids is 1. The number of aliphatic carboxylic acids is 1. The number of carboxylic acid groups (broad SMARTS) is 1. The highest BCUT2D eigenvalue weighted by atomic mass is 32.1. The molecule has 76 valence electrons. The fraction of sp³-hybridized carbons (Fsp3) is 0.500. The van der Waals surface area contributed by atoms with E-state index in [1.54, 1.807) is 11.3 Å². The lowest BCUT2D eigenvalue weighted by atomic mass is 10.1. The second-order valence-corrected chi connectivity index (χ2v) is 4.60. The van der Waals surface area contributed by atoms with Crippen LogP contribution in [0.3, 0.4) is 0 Å². The molecule has 2 N–H and O–H groups in total. The predicted octanol–water partition coefficient (Wildman–Crippen LogP) is 1.93. The van der Waals surface area contributed by atoms with Crippen LogP contribution in [0.15, 0.2) is 11.4 Å². The quantitative estimate of drug-likeness (QED) is 0.786. The molecule has 14 heavy (non-hydrogen) atoms. The van der Waals surface area contributed by atoms with Crippen LogP contribution in [-0.2, 0) is 4.79 Å². The Hall–Kier alpha value is -0.870. The van der Waals surface area contributed by atoms with Gasteiger partial charge in [0.15, 0.2) is 0 Å². The van der Waals surface area contributed by atoms with Crippen LogP contribution in [0.1, 0.15) is 29.3 Å². The van der Waals surface area contributed by atoms with E-state index in [1.807, 2.05) is 0 Å². The summed E-state index contributed by atoms with van der Waals surface area (Å²) in [5.41, 5.74) is 1.26. The van der Waals surface area contributed by atoms with Crippen LogP contribution in [0.4, 0.5) is 0 Å². The van der Waals surface area contributed by atoms with Gasteiger partial charge >= 0.3 is 5.97 Å². The van der Waals surface area contributed by atoms with Crippen molar-refractivity contribution in [2.24, 2.45) is 0 Å². The molecule has 1 aromatic rings. The SMILES string of the molecule is Cc1ccsc1[C@H]1CC[C@H](C(=O)O)N1. The van der Waals surface area contributed by atoms with Crippen LogP contribution in [0.25, 0.3) is 0 Å². The molecule has 3 nitrogen and oxygen atoms in total. The monoisotopic (exact) mass is 211 g/mol. The third-order valence-electron chi connectivity index (χ3n) is 2.66. The summed E-state index contributed by atoms with van der Waals surface area (Å²) in [6.45, 7) is 2.07. The number of rotatable bonds is 2. The maximum atomic E-state index is 10.7. The van der Waals surface area contributed by atoms with Crippen molar-refractivity contribution in [3.05, 3.63) is 21.9 Å². The van der Waals surface area contributed by atoms with Gasteiger partial charge in [-0.3, -0.25) is 10.1 Å². The van der Waals surface area contributed by atoms with Gasteiger partial charge in [0, 0.05) is 10.9 Å². The van der Waals surface area contributed by atoms with Crippen molar-refractivity contribution in [3.8, 4) is 0 Å². The summed E-state index contributed by atoms with van der Waals surface area (Å²) in [6, 6.07) is 1.97. The zero-order chi connectivity index (χ0) is 10.1. The van der Waals surface area contributed by atoms with Gasteiger partial charge in [-0.05, 0) is 36.8 Å². The molecule has 4 heteroatoms. The summed E-state index contributed by atoms with van der Waals surface area (Å²) in [4.78, 5) is 12.0. The third-order valence-corrected chi connectivity index (χ3v) is 3.80. The average molecular weight is 211 g/mol. The number of carbonyl (C=O) groups is 1. The van der Waals surface area contributed by atoms with E-state index in [-0.39, 0.29) is 12.1 Å². The Kier molecular flexibility index (Phi) is 2.56. The van der Waals surface area contributed by atoms with Gasteiger partial charge in [-0.2, -0.15) is 0 Å². The topological polar surface area (TPSA) is 49.3 Å². The summed E-state index contributed by atoms with van der Waals surface area (Å²) in [5, 5.41) is 14.0. The van der Waals surface area contributed by atoms with E-state index in [4.69, 9.17) is 5.11 Å². The van der Waals surface area contributed by atoms with Gasteiger partial charge in [0.1, 0.15) is 6.04 Å². The van der Waals surface area contributed by atoms with E-state index in [1.165, 1.54) is 10.4 Å². The minimum absolute atomic E-state index is 0.246. The lowest BCUT2D eigenvalue weighted by Gasteiger charge is -2.10. The maximum Gasteiger partial charge on any atom is 0.320 e. The maximum absolute atomic E-state index is 10.7. The van der Waals surface area contributed by atoms with E-state index < -0.39 is 5.97 Å². The van der Waals surface area contributed by atoms with Crippen molar-refractivity contribution in [1.82, 2.24) is 5.32 Å². The summed E-state index contributed by atoms with van der Waals surface area (Å²) < 4.78 is 0. The molecule has 2 rings (SSSR count). The number of hydrogen-bond acceptors (Lipinski definition) is 3. The normalized spacial score (nSPS) is 26.6. The van der Waals surface area contributed by atoms with E-state index in [0.29, 0.717) is 0 Å². The molecule has 0 spiro atoms. The van der Waals surface area contributed by atoms with Gasteiger partial charge in [0.25, 0.3) is 0 Å². The predicted molar refractivity (Wildman–Crippen MR) is 55.6 cm³/mol. The molecular weight excluding hydrogens is 198 g/mol.